The van der Waals surface area contributed by atoms with E-state index in [1.165, 1.54) is 12.3 Å². The molecule has 7 heteroatoms. The summed E-state index contributed by atoms with van der Waals surface area (Å²) in [7, 11) is 0. The third kappa shape index (κ3) is 2.67. The van der Waals surface area contributed by atoms with Crippen molar-refractivity contribution in [2.24, 2.45) is 5.41 Å². The van der Waals surface area contributed by atoms with Gasteiger partial charge < -0.3 is 10.1 Å². The summed E-state index contributed by atoms with van der Waals surface area (Å²) in [4.78, 5) is 14.6. The second-order valence-corrected chi connectivity index (χ2v) is 5.62. The Balaban J connectivity index is 2.22. The van der Waals surface area contributed by atoms with Crippen LogP contribution in [0, 0.1) is 26.9 Å². The molecule has 1 aromatic heterocycles. The van der Waals surface area contributed by atoms with Gasteiger partial charge >= 0.3 is 5.69 Å². The van der Waals surface area contributed by atoms with Gasteiger partial charge in [-0.3, -0.25) is 10.1 Å². The van der Waals surface area contributed by atoms with Gasteiger partial charge in [-0.05, 0) is 19.4 Å². The van der Waals surface area contributed by atoms with E-state index < -0.39 is 4.92 Å². The minimum atomic E-state index is -0.570. The Labute approximate surface area is 123 Å². The van der Waals surface area contributed by atoms with Crippen molar-refractivity contribution >= 4 is 11.5 Å². The van der Waals surface area contributed by atoms with Crippen molar-refractivity contribution in [1.82, 2.24) is 4.98 Å². The highest BCUT2D eigenvalue weighted by Gasteiger charge is 2.49. The first-order chi connectivity index (χ1) is 9.91. The zero-order chi connectivity index (χ0) is 15.6. The Morgan fingerprint density at radius 3 is 2.90 bits per heavy atom. The molecule has 1 aliphatic rings. The molecule has 7 nitrogen and oxygen atoms in total. The van der Waals surface area contributed by atoms with Gasteiger partial charge in [0.05, 0.1) is 11.0 Å². The molecular formula is C14H18N4O3. The Morgan fingerprint density at radius 2 is 2.38 bits per heavy atom. The highest BCUT2D eigenvalue weighted by molar-refractivity contribution is 5.64. The van der Waals surface area contributed by atoms with Crippen molar-refractivity contribution < 1.29 is 9.66 Å². The average molecular weight is 290 g/mol. The van der Waals surface area contributed by atoms with Crippen LogP contribution in [0.2, 0.25) is 0 Å². The molecule has 1 saturated carbocycles. The number of hydrogen-bond acceptors (Lipinski definition) is 6. The summed E-state index contributed by atoms with van der Waals surface area (Å²) in [5.74, 6) is 0.145. The summed E-state index contributed by atoms with van der Waals surface area (Å²) < 4.78 is 5.64. The maximum Gasteiger partial charge on any atom is 0.328 e. The van der Waals surface area contributed by atoms with E-state index in [4.69, 9.17) is 10.00 Å². The van der Waals surface area contributed by atoms with E-state index in [-0.39, 0.29) is 34.6 Å². The first-order valence-electron chi connectivity index (χ1n) is 6.83. The molecule has 21 heavy (non-hydrogen) atoms. The molecule has 0 aliphatic heterocycles. The largest absolute Gasteiger partial charge is 0.378 e. The van der Waals surface area contributed by atoms with Gasteiger partial charge in [-0.25, -0.2) is 4.98 Å². The van der Waals surface area contributed by atoms with Gasteiger partial charge in [0.15, 0.2) is 0 Å². The summed E-state index contributed by atoms with van der Waals surface area (Å²) in [6.07, 6.45) is 2.29. The van der Waals surface area contributed by atoms with Crippen molar-refractivity contribution in [3.63, 3.8) is 0 Å². The smallest absolute Gasteiger partial charge is 0.328 e. The van der Waals surface area contributed by atoms with Crippen molar-refractivity contribution in [2.75, 3.05) is 11.9 Å². The van der Waals surface area contributed by atoms with Crippen LogP contribution in [0.25, 0.3) is 0 Å². The molecular weight excluding hydrogens is 272 g/mol. The van der Waals surface area contributed by atoms with Gasteiger partial charge in [0.2, 0.25) is 5.82 Å². The second-order valence-electron chi connectivity index (χ2n) is 5.62. The molecule has 2 rings (SSSR count). The van der Waals surface area contributed by atoms with Gasteiger partial charge in [0, 0.05) is 24.3 Å². The van der Waals surface area contributed by atoms with Crippen LogP contribution >= 0.6 is 0 Å². The highest BCUT2D eigenvalue weighted by atomic mass is 16.6. The van der Waals surface area contributed by atoms with E-state index in [1.54, 1.807) is 0 Å². The van der Waals surface area contributed by atoms with Crippen LogP contribution in [0.4, 0.5) is 11.5 Å². The monoisotopic (exact) mass is 290 g/mol. The number of hydrogen-bond donors (Lipinski definition) is 1. The summed E-state index contributed by atoms with van der Waals surface area (Å²) in [5.41, 5.74) is -0.402. The van der Waals surface area contributed by atoms with Crippen LogP contribution < -0.4 is 5.32 Å². The normalized spacial score (nSPS) is 23.0. The van der Waals surface area contributed by atoms with Gasteiger partial charge in [0.1, 0.15) is 11.6 Å². The second kappa shape index (κ2) is 5.66. The molecule has 1 N–H and O–H groups in total. The van der Waals surface area contributed by atoms with E-state index in [2.05, 4.69) is 24.1 Å². The van der Waals surface area contributed by atoms with Crippen molar-refractivity contribution in [3.05, 3.63) is 27.9 Å². The van der Waals surface area contributed by atoms with Crippen LogP contribution in [-0.4, -0.2) is 28.7 Å². The number of nitriles is 1. The topological polar surface area (TPSA) is 101 Å². The number of pyridine rings is 1. The Hall–Kier alpha value is -2.20. The average Bonchev–Trinajstić information content (AvgIpc) is 2.45. The minimum Gasteiger partial charge on any atom is -0.378 e. The zero-order valence-corrected chi connectivity index (χ0v) is 12.3. The standard InChI is InChI=1S/C14H18N4O3/c1-4-21-11-7-10(14(11,2)3)17-13-12(18(19)20)9(8-15)5-6-16-13/h5-6,10-11H,4,7H2,1-3H3,(H,16,17). The maximum atomic E-state index is 11.2. The molecule has 1 fully saturated rings. The third-order valence-corrected chi connectivity index (χ3v) is 4.08. The van der Waals surface area contributed by atoms with Crippen molar-refractivity contribution in [3.8, 4) is 6.07 Å². The summed E-state index contributed by atoms with van der Waals surface area (Å²) in [5, 5.41) is 23.2. The van der Waals surface area contributed by atoms with E-state index in [0.29, 0.717) is 6.61 Å². The molecule has 1 aromatic rings. The molecule has 0 saturated heterocycles. The fraction of sp³-hybridized carbons (Fsp3) is 0.571. The number of ether oxygens (including phenoxy) is 1. The quantitative estimate of drug-likeness (QED) is 0.660. The number of nitro groups is 1. The van der Waals surface area contributed by atoms with Gasteiger partial charge in [-0.1, -0.05) is 13.8 Å². The number of anilines is 1. The van der Waals surface area contributed by atoms with E-state index in [1.807, 2.05) is 13.0 Å². The molecule has 1 aliphatic carbocycles. The summed E-state index contributed by atoms with van der Waals surface area (Å²) in [6.45, 7) is 6.69. The summed E-state index contributed by atoms with van der Waals surface area (Å²) >= 11 is 0. The van der Waals surface area contributed by atoms with Crippen LogP contribution in [0.15, 0.2) is 12.3 Å². The first kappa shape index (κ1) is 15.2. The lowest BCUT2D eigenvalue weighted by molar-refractivity contribution is -0.384. The molecule has 0 bridgehead atoms. The van der Waals surface area contributed by atoms with E-state index in [0.717, 1.165) is 6.42 Å². The number of aromatic nitrogens is 1. The van der Waals surface area contributed by atoms with Crippen LogP contribution in [-0.2, 0) is 4.74 Å². The Bertz CT molecular complexity index is 594. The van der Waals surface area contributed by atoms with E-state index >= 15 is 0 Å². The molecule has 0 amide bonds. The van der Waals surface area contributed by atoms with Crippen molar-refractivity contribution in [2.45, 2.75) is 39.3 Å². The Morgan fingerprint density at radius 1 is 1.67 bits per heavy atom. The first-order valence-corrected chi connectivity index (χ1v) is 6.83. The summed E-state index contributed by atoms with van der Waals surface area (Å²) in [6, 6.07) is 3.20. The van der Waals surface area contributed by atoms with E-state index in [9.17, 15) is 10.1 Å². The third-order valence-electron chi connectivity index (χ3n) is 4.08. The molecule has 2 unspecified atom stereocenters. The van der Waals surface area contributed by atoms with Crippen LogP contribution in [0.5, 0.6) is 0 Å². The lowest BCUT2D eigenvalue weighted by Gasteiger charge is -2.51. The van der Waals surface area contributed by atoms with Crippen LogP contribution in [0.1, 0.15) is 32.8 Å². The molecule has 0 spiro atoms. The van der Waals surface area contributed by atoms with Gasteiger partial charge in [0.25, 0.3) is 0 Å². The lowest BCUT2D eigenvalue weighted by atomic mass is 9.64. The van der Waals surface area contributed by atoms with Gasteiger partial charge in [-0.2, -0.15) is 5.26 Å². The van der Waals surface area contributed by atoms with Crippen LogP contribution in [0.3, 0.4) is 0 Å². The molecule has 0 aromatic carbocycles. The molecule has 0 radical (unpaired) electrons. The number of nitrogens with zero attached hydrogens (tertiary/aromatic N) is 3. The maximum absolute atomic E-state index is 11.2. The van der Waals surface area contributed by atoms with Gasteiger partial charge in [-0.15, -0.1) is 0 Å². The molecule has 112 valence electrons. The van der Waals surface area contributed by atoms with Crippen molar-refractivity contribution in [1.29, 1.82) is 5.26 Å². The fourth-order valence-corrected chi connectivity index (χ4v) is 2.61. The SMILES string of the molecule is CCOC1CC(Nc2nccc(C#N)c2[N+](=O)[O-])C1(C)C. The number of nitrogens with one attached hydrogen (secondary N) is 1. The Kier molecular flexibility index (Phi) is 4.09. The predicted molar refractivity (Wildman–Crippen MR) is 76.8 cm³/mol. The minimum absolute atomic E-state index is 0.0102. The lowest BCUT2D eigenvalue weighted by Crippen LogP contribution is -2.58. The predicted octanol–water partition coefficient (Wildman–Crippen LogP) is 2.48. The zero-order valence-electron chi connectivity index (χ0n) is 12.3. The molecule has 2 atom stereocenters. The highest BCUT2D eigenvalue weighted by Crippen LogP contribution is 2.45. The fourth-order valence-electron chi connectivity index (χ4n) is 2.61. The number of rotatable bonds is 5. The molecule has 1 heterocycles.